The summed E-state index contributed by atoms with van der Waals surface area (Å²) in [6.45, 7) is 7.65. The van der Waals surface area contributed by atoms with Gasteiger partial charge in [0.05, 0.1) is 5.25 Å². The Morgan fingerprint density at radius 2 is 2.22 bits per heavy atom. The third kappa shape index (κ3) is 4.40. The number of aromatic amines is 1. The van der Waals surface area contributed by atoms with Gasteiger partial charge >= 0.3 is 5.69 Å². The van der Waals surface area contributed by atoms with Gasteiger partial charge in [-0.3, -0.25) is 9.36 Å². The highest BCUT2D eigenvalue weighted by atomic mass is 32.2. The van der Waals surface area contributed by atoms with Crippen LogP contribution >= 0.6 is 11.8 Å². The molecule has 1 saturated heterocycles. The van der Waals surface area contributed by atoms with Gasteiger partial charge < -0.3 is 4.90 Å². The van der Waals surface area contributed by atoms with Gasteiger partial charge in [-0.2, -0.15) is 0 Å². The highest BCUT2D eigenvalue weighted by Crippen LogP contribution is 2.26. The third-order valence-corrected chi connectivity index (χ3v) is 5.55. The molecule has 2 atom stereocenters. The molecule has 7 heteroatoms. The zero-order valence-corrected chi connectivity index (χ0v) is 15.2. The quantitative estimate of drug-likeness (QED) is 0.775. The SMILES string of the molecule is CCCCn1c(SC(C)C(=O)N2CCCCC2CC)n[nH]c1=O. The number of hydrogen-bond donors (Lipinski definition) is 1. The fourth-order valence-corrected chi connectivity index (χ4v) is 4.02. The number of carbonyl (C=O) groups is 1. The van der Waals surface area contributed by atoms with Gasteiger partial charge in [0, 0.05) is 19.1 Å². The number of amides is 1. The van der Waals surface area contributed by atoms with E-state index in [2.05, 4.69) is 24.0 Å². The molecule has 0 aliphatic carbocycles. The molecule has 1 fully saturated rings. The molecule has 2 unspecified atom stereocenters. The van der Waals surface area contributed by atoms with Crippen molar-refractivity contribution in [2.45, 2.75) is 82.3 Å². The molecule has 2 heterocycles. The first-order valence-corrected chi connectivity index (χ1v) is 9.58. The summed E-state index contributed by atoms with van der Waals surface area (Å²) in [5, 5.41) is 6.99. The van der Waals surface area contributed by atoms with Crippen molar-refractivity contribution in [3.8, 4) is 0 Å². The van der Waals surface area contributed by atoms with E-state index in [1.807, 2.05) is 11.8 Å². The van der Waals surface area contributed by atoms with Gasteiger partial charge in [0.15, 0.2) is 5.16 Å². The van der Waals surface area contributed by atoms with Crippen LogP contribution in [0.3, 0.4) is 0 Å². The second kappa shape index (κ2) is 8.57. The molecule has 23 heavy (non-hydrogen) atoms. The van der Waals surface area contributed by atoms with Crippen molar-refractivity contribution in [3.05, 3.63) is 10.5 Å². The molecule has 2 rings (SSSR count). The average molecular weight is 340 g/mol. The Kier molecular flexibility index (Phi) is 6.74. The number of hydrogen-bond acceptors (Lipinski definition) is 4. The number of nitrogens with zero attached hydrogens (tertiary/aromatic N) is 3. The highest BCUT2D eigenvalue weighted by Gasteiger charge is 2.29. The van der Waals surface area contributed by atoms with E-state index in [0.29, 0.717) is 17.7 Å². The monoisotopic (exact) mass is 340 g/mol. The lowest BCUT2D eigenvalue weighted by molar-refractivity contribution is -0.134. The summed E-state index contributed by atoms with van der Waals surface area (Å²) in [6.07, 6.45) is 6.35. The van der Waals surface area contributed by atoms with Crippen molar-refractivity contribution < 1.29 is 4.79 Å². The summed E-state index contributed by atoms with van der Waals surface area (Å²) in [6, 6.07) is 0.362. The van der Waals surface area contributed by atoms with E-state index >= 15 is 0 Å². The van der Waals surface area contributed by atoms with E-state index in [9.17, 15) is 9.59 Å². The van der Waals surface area contributed by atoms with Crippen molar-refractivity contribution in [2.75, 3.05) is 6.54 Å². The van der Waals surface area contributed by atoms with Crippen LogP contribution < -0.4 is 5.69 Å². The first kappa shape index (κ1) is 18.1. The maximum Gasteiger partial charge on any atom is 0.343 e. The fourth-order valence-electron chi connectivity index (χ4n) is 3.06. The number of unbranched alkanes of at least 4 members (excludes halogenated alkanes) is 1. The van der Waals surface area contributed by atoms with Crippen LogP contribution in [0.25, 0.3) is 0 Å². The normalized spacial score (nSPS) is 19.8. The second-order valence-corrected chi connectivity index (χ2v) is 7.47. The summed E-state index contributed by atoms with van der Waals surface area (Å²) in [5.41, 5.74) is -0.190. The van der Waals surface area contributed by atoms with Crippen LogP contribution in [0.2, 0.25) is 0 Å². The first-order valence-electron chi connectivity index (χ1n) is 8.70. The van der Waals surface area contributed by atoms with E-state index in [1.165, 1.54) is 18.2 Å². The topological polar surface area (TPSA) is 71.0 Å². The third-order valence-electron chi connectivity index (χ3n) is 4.47. The first-order chi connectivity index (χ1) is 11.1. The largest absolute Gasteiger partial charge is 0.343 e. The summed E-state index contributed by atoms with van der Waals surface area (Å²) in [4.78, 5) is 26.6. The Hall–Kier alpha value is -1.24. The minimum Gasteiger partial charge on any atom is -0.339 e. The molecule has 0 bridgehead atoms. The van der Waals surface area contributed by atoms with Crippen LogP contribution in [0.5, 0.6) is 0 Å². The predicted molar refractivity (Wildman–Crippen MR) is 92.7 cm³/mol. The Morgan fingerprint density at radius 3 is 2.91 bits per heavy atom. The van der Waals surface area contributed by atoms with Gasteiger partial charge in [0.25, 0.3) is 0 Å². The maximum absolute atomic E-state index is 12.8. The lowest BCUT2D eigenvalue weighted by atomic mass is 10.00. The van der Waals surface area contributed by atoms with Gasteiger partial charge in [-0.25, -0.2) is 9.89 Å². The van der Waals surface area contributed by atoms with E-state index in [0.717, 1.165) is 38.6 Å². The molecule has 0 radical (unpaired) electrons. The van der Waals surface area contributed by atoms with Gasteiger partial charge in [-0.15, -0.1) is 5.10 Å². The summed E-state index contributed by atoms with van der Waals surface area (Å²) in [7, 11) is 0. The minimum atomic E-state index is -0.224. The molecule has 1 aliphatic heterocycles. The molecule has 6 nitrogen and oxygen atoms in total. The molecule has 1 N–H and O–H groups in total. The number of likely N-dealkylation sites (tertiary alicyclic amines) is 1. The van der Waals surface area contributed by atoms with E-state index in [1.54, 1.807) is 4.57 Å². The van der Waals surface area contributed by atoms with Crippen molar-refractivity contribution in [1.29, 1.82) is 0 Å². The van der Waals surface area contributed by atoms with E-state index < -0.39 is 0 Å². The van der Waals surface area contributed by atoms with Crippen LogP contribution in [0.1, 0.15) is 59.3 Å². The van der Waals surface area contributed by atoms with E-state index in [-0.39, 0.29) is 16.8 Å². The van der Waals surface area contributed by atoms with Crippen molar-refractivity contribution in [2.24, 2.45) is 0 Å². The number of nitrogens with one attached hydrogen (secondary N) is 1. The average Bonchev–Trinajstić information content (AvgIpc) is 2.91. The maximum atomic E-state index is 12.8. The molecular formula is C16H28N4O2S. The number of aromatic nitrogens is 3. The number of H-pyrrole nitrogens is 1. The highest BCUT2D eigenvalue weighted by molar-refractivity contribution is 8.00. The Bertz CT molecular complexity index is 569. The van der Waals surface area contributed by atoms with Crippen molar-refractivity contribution in [1.82, 2.24) is 19.7 Å². The number of thioether (sulfide) groups is 1. The molecule has 1 amide bonds. The lowest BCUT2D eigenvalue weighted by Gasteiger charge is -2.36. The second-order valence-electron chi connectivity index (χ2n) is 6.17. The summed E-state index contributed by atoms with van der Waals surface area (Å²) in [5.74, 6) is 0.166. The minimum absolute atomic E-state index is 0.166. The molecule has 130 valence electrons. The predicted octanol–water partition coefficient (Wildman–Crippen LogP) is 2.64. The fraction of sp³-hybridized carbons (Fsp3) is 0.812. The molecule has 0 aromatic carbocycles. The van der Waals surface area contributed by atoms with Crippen LogP contribution in [-0.4, -0.2) is 43.4 Å². The Labute approximate surface area is 142 Å². The molecule has 1 aromatic rings. The van der Waals surface area contributed by atoms with Gasteiger partial charge in [0.1, 0.15) is 0 Å². The zero-order valence-electron chi connectivity index (χ0n) is 14.4. The number of piperidine rings is 1. The molecule has 1 aliphatic rings. The molecular weight excluding hydrogens is 312 g/mol. The van der Waals surface area contributed by atoms with Crippen LogP contribution in [0.4, 0.5) is 0 Å². The summed E-state index contributed by atoms with van der Waals surface area (Å²) >= 11 is 1.39. The zero-order chi connectivity index (χ0) is 16.8. The van der Waals surface area contributed by atoms with Crippen LogP contribution in [0.15, 0.2) is 9.95 Å². The number of rotatable bonds is 7. The van der Waals surface area contributed by atoms with Gasteiger partial charge in [0.2, 0.25) is 5.91 Å². The molecule has 1 aromatic heterocycles. The van der Waals surface area contributed by atoms with Crippen LogP contribution in [0, 0.1) is 0 Å². The Balaban J connectivity index is 2.04. The standard InChI is InChI=1S/C16H28N4O2S/c1-4-6-10-20-15(22)17-18-16(20)23-12(3)14(21)19-11-8-7-9-13(19)5-2/h12-13H,4-11H2,1-3H3,(H,17,22). The van der Waals surface area contributed by atoms with Gasteiger partial charge in [-0.05, 0) is 39.0 Å². The van der Waals surface area contributed by atoms with Crippen LogP contribution in [-0.2, 0) is 11.3 Å². The Morgan fingerprint density at radius 1 is 1.43 bits per heavy atom. The lowest BCUT2D eigenvalue weighted by Crippen LogP contribution is -2.46. The van der Waals surface area contributed by atoms with Gasteiger partial charge in [-0.1, -0.05) is 32.0 Å². The number of carbonyl (C=O) groups excluding carboxylic acids is 1. The van der Waals surface area contributed by atoms with E-state index in [4.69, 9.17) is 0 Å². The van der Waals surface area contributed by atoms with Crippen molar-refractivity contribution >= 4 is 17.7 Å². The smallest absolute Gasteiger partial charge is 0.339 e. The molecule has 0 spiro atoms. The van der Waals surface area contributed by atoms with Crippen molar-refractivity contribution in [3.63, 3.8) is 0 Å². The molecule has 0 saturated carbocycles. The summed E-state index contributed by atoms with van der Waals surface area (Å²) < 4.78 is 1.64.